The van der Waals surface area contributed by atoms with Gasteiger partial charge in [-0.2, -0.15) is 0 Å². The van der Waals surface area contributed by atoms with Gasteiger partial charge in [-0.15, -0.1) is 0 Å². The van der Waals surface area contributed by atoms with Crippen LogP contribution < -0.4 is 15.7 Å². The van der Waals surface area contributed by atoms with Crippen LogP contribution in [0.5, 0.6) is 5.75 Å². The molecular weight excluding hydrogens is 398 g/mol. The van der Waals surface area contributed by atoms with E-state index in [2.05, 4.69) is 10.2 Å². The molecule has 0 radical (unpaired) electrons. The SMILES string of the molecule is CN1CCN(C(=O)c2cccc(NC(=O)COc3ccc4ccc(=O)oc4c3)c2)CC1. The van der Waals surface area contributed by atoms with E-state index >= 15 is 0 Å². The normalized spacial score (nSPS) is 14.4. The summed E-state index contributed by atoms with van der Waals surface area (Å²) >= 11 is 0. The maximum absolute atomic E-state index is 12.7. The van der Waals surface area contributed by atoms with E-state index in [0.29, 0.717) is 35.7 Å². The molecular formula is C23H23N3O5. The second kappa shape index (κ2) is 9.01. The number of piperazine rings is 1. The van der Waals surface area contributed by atoms with Gasteiger partial charge < -0.3 is 24.3 Å². The molecule has 1 saturated heterocycles. The zero-order valence-electron chi connectivity index (χ0n) is 17.2. The van der Waals surface area contributed by atoms with Gasteiger partial charge in [-0.1, -0.05) is 6.07 Å². The zero-order valence-corrected chi connectivity index (χ0v) is 17.2. The molecule has 2 aromatic carbocycles. The average molecular weight is 421 g/mol. The molecule has 2 heterocycles. The Balaban J connectivity index is 1.36. The van der Waals surface area contributed by atoms with Gasteiger partial charge in [0.15, 0.2) is 6.61 Å². The number of fused-ring (bicyclic) bond motifs is 1. The average Bonchev–Trinajstić information content (AvgIpc) is 2.77. The molecule has 0 atom stereocenters. The third-order valence-corrected chi connectivity index (χ3v) is 5.15. The first-order chi connectivity index (χ1) is 15.0. The number of anilines is 1. The fourth-order valence-corrected chi connectivity index (χ4v) is 3.40. The molecule has 0 spiro atoms. The summed E-state index contributed by atoms with van der Waals surface area (Å²) in [5.41, 5.74) is 1.000. The predicted molar refractivity (Wildman–Crippen MR) is 116 cm³/mol. The molecule has 2 amide bonds. The highest BCUT2D eigenvalue weighted by Gasteiger charge is 2.20. The summed E-state index contributed by atoms with van der Waals surface area (Å²) in [6.07, 6.45) is 0. The van der Waals surface area contributed by atoms with Crippen LogP contribution in [0.15, 0.2) is 63.8 Å². The molecule has 3 aromatic rings. The summed E-state index contributed by atoms with van der Waals surface area (Å²) in [6, 6.07) is 14.9. The summed E-state index contributed by atoms with van der Waals surface area (Å²) in [5.74, 6) is 0.00732. The molecule has 4 rings (SSSR count). The highest BCUT2D eigenvalue weighted by Crippen LogP contribution is 2.20. The quantitative estimate of drug-likeness (QED) is 0.635. The van der Waals surface area contributed by atoms with Gasteiger partial charge in [0.2, 0.25) is 0 Å². The van der Waals surface area contributed by atoms with E-state index < -0.39 is 5.63 Å². The number of carbonyl (C=O) groups excluding carboxylic acids is 2. The first-order valence-electron chi connectivity index (χ1n) is 10.0. The van der Waals surface area contributed by atoms with Crippen molar-refractivity contribution in [1.29, 1.82) is 0 Å². The standard InChI is InChI=1S/C23H23N3O5/c1-25-9-11-26(12-10-25)23(29)17-3-2-4-18(13-17)24-21(27)15-30-19-7-5-16-6-8-22(28)31-20(16)14-19/h2-8,13-14H,9-12,15H2,1H3,(H,24,27). The Kier molecular flexibility index (Phi) is 5.99. The Morgan fingerprint density at radius 2 is 1.81 bits per heavy atom. The molecule has 8 nitrogen and oxygen atoms in total. The van der Waals surface area contributed by atoms with Crippen molar-refractivity contribution in [3.8, 4) is 5.75 Å². The molecule has 1 aliphatic rings. The van der Waals surface area contributed by atoms with Gasteiger partial charge in [-0.05, 0) is 43.4 Å². The van der Waals surface area contributed by atoms with Gasteiger partial charge in [-0.25, -0.2) is 4.79 Å². The lowest BCUT2D eigenvalue weighted by molar-refractivity contribution is -0.118. The molecule has 8 heteroatoms. The molecule has 1 N–H and O–H groups in total. The Morgan fingerprint density at radius 1 is 1.03 bits per heavy atom. The largest absolute Gasteiger partial charge is 0.484 e. The van der Waals surface area contributed by atoms with E-state index in [0.717, 1.165) is 18.5 Å². The maximum atomic E-state index is 12.7. The lowest BCUT2D eigenvalue weighted by Gasteiger charge is -2.32. The van der Waals surface area contributed by atoms with Crippen molar-refractivity contribution in [2.24, 2.45) is 0 Å². The fourth-order valence-electron chi connectivity index (χ4n) is 3.40. The van der Waals surface area contributed by atoms with E-state index in [-0.39, 0.29) is 18.4 Å². The van der Waals surface area contributed by atoms with Crippen LogP contribution in [0, 0.1) is 0 Å². The van der Waals surface area contributed by atoms with Gasteiger partial charge in [0.1, 0.15) is 11.3 Å². The van der Waals surface area contributed by atoms with Gasteiger partial charge in [0.05, 0.1) is 0 Å². The van der Waals surface area contributed by atoms with Crippen molar-refractivity contribution in [3.63, 3.8) is 0 Å². The third-order valence-electron chi connectivity index (χ3n) is 5.15. The second-order valence-electron chi connectivity index (χ2n) is 7.47. The third kappa shape index (κ3) is 5.10. The lowest BCUT2D eigenvalue weighted by Crippen LogP contribution is -2.47. The molecule has 0 saturated carbocycles. The molecule has 1 fully saturated rings. The van der Waals surface area contributed by atoms with Crippen molar-refractivity contribution in [2.75, 3.05) is 45.2 Å². The van der Waals surface area contributed by atoms with E-state index in [1.807, 2.05) is 11.9 Å². The van der Waals surface area contributed by atoms with Crippen LogP contribution in [-0.2, 0) is 4.79 Å². The van der Waals surface area contributed by atoms with Gasteiger partial charge in [0.25, 0.3) is 11.8 Å². The number of nitrogens with zero attached hydrogens (tertiary/aromatic N) is 2. The number of likely N-dealkylation sites (N-methyl/N-ethyl adjacent to an activating group) is 1. The van der Waals surface area contributed by atoms with Crippen LogP contribution in [0.3, 0.4) is 0 Å². The summed E-state index contributed by atoms with van der Waals surface area (Å²) in [7, 11) is 2.04. The monoisotopic (exact) mass is 421 g/mol. The van der Waals surface area contributed by atoms with Crippen LogP contribution in [0.4, 0.5) is 5.69 Å². The zero-order chi connectivity index (χ0) is 21.8. The van der Waals surface area contributed by atoms with E-state index in [1.54, 1.807) is 48.5 Å². The Bertz CT molecular complexity index is 1170. The van der Waals surface area contributed by atoms with Crippen molar-refractivity contribution in [3.05, 3.63) is 70.6 Å². The number of amides is 2. The van der Waals surface area contributed by atoms with Crippen LogP contribution >= 0.6 is 0 Å². The predicted octanol–water partition coefficient (Wildman–Crippen LogP) is 2.20. The highest BCUT2D eigenvalue weighted by atomic mass is 16.5. The van der Waals surface area contributed by atoms with E-state index in [4.69, 9.17) is 9.15 Å². The molecule has 0 aliphatic carbocycles. The van der Waals surface area contributed by atoms with Crippen molar-refractivity contribution >= 4 is 28.5 Å². The topological polar surface area (TPSA) is 92.1 Å². The van der Waals surface area contributed by atoms with Gasteiger partial charge in [-0.3, -0.25) is 9.59 Å². The van der Waals surface area contributed by atoms with Crippen molar-refractivity contribution < 1.29 is 18.7 Å². The fraction of sp³-hybridized carbons (Fsp3) is 0.261. The Hall–Kier alpha value is -3.65. The second-order valence-corrected chi connectivity index (χ2v) is 7.47. The summed E-state index contributed by atoms with van der Waals surface area (Å²) in [5, 5.41) is 3.51. The number of hydrogen-bond acceptors (Lipinski definition) is 6. The van der Waals surface area contributed by atoms with E-state index in [9.17, 15) is 14.4 Å². The smallest absolute Gasteiger partial charge is 0.336 e. The van der Waals surface area contributed by atoms with Crippen LogP contribution in [0.2, 0.25) is 0 Å². The minimum absolute atomic E-state index is 0.0434. The number of hydrogen-bond donors (Lipinski definition) is 1. The maximum Gasteiger partial charge on any atom is 0.336 e. The summed E-state index contributed by atoms with van der Waals surface area (Å²) in [4.78, 5) is 40.4. The molecule has 0 unspecified atom stereocenters. The number of ether oxygens (including phenoxy) is 1. The van der Waals surface area contributed by atoms with Crippen LogP contribution in [-0.4, -0.2) is 61.4 Å². The molecule has 31 heavy (non-hydrogen) atoms. The lowest BCUT2D eigenvalue weighted by atomic mass is 10.1. The van der Waals surface area contributed by atoms with Gasteiger partial charge >= 0.3 is 5.63 Å². The molecule has 160 valence electrons. The number of carbonyl (C=O) groups is 2. The van der Waals surface area contributed by atoms with Crippen molar-refractivity contribution in [1.82, 2.24) is 9.80 Å². The first kappa shape index (κ1) is 20.6. The highest BCUT2D eigenvalue weighted by molar-refractivity contribution is 5.97. The Labute approximate surface area is 179 Å². The summed E-state index contributed by atoms with van der Waals surface area (Å²) < 4.78 is 10.6. The minimum atomic E-state index is -0.451. The summed E-state index contributed by atoms with van der Waals surface area (Å²) in [6.45, 7) is 2.84. The van der Waals surface area contributed by atoms with E-state index in [1.165, 1.54) is 6.07 Å². The van der Waals surface area contributed by atoms with Crippen molar-refractivity contribution in [2.45, 2.75) is 0 Å². The molecule has 0 bridgehead atoms. The molecule has 1 aromatic heterocycles. The number of rotatable bonds is 5. The Morgan fingerprint density at radius 3 is 2.61 bits per heavy atom. The minimum Gasteiger partial charge on any atom is -0.484 e. The molecule has 1 aliphatic heterocycles. The first-order valence-corrected chi connectivity index (χ1v) is 10.0. The van der Waals surface area contributed by atoms with Crippen LogP contribution in [0.25, 0.3) is 11.0 Å². The van der Waals surface area contributed by atoms with Crippen LogP contribution in [0.1, 0.15) is 10.4 Å². The number of benzene rings is 2. The number of nitrogens with one attached hydrogen (secondary N) is 1. The van der Waals surface area contributed by atoms with Gasteiger partial charge in [0, 0.05) is 54.9 Å².